The van der Waals surface area contributed by atoms with Gasteiger partial charge in [0, 0.05) is 49.9 Å². The van der Waals surface area contributed by atoms with Crippen molar-refractivity contribution in [2.75, 3.05) is 50.7 Å². The van der Waals surface area contributed by atoms with Gasteiger partial charge in [0.2, 0.25) is 5.91 Å². The minimum Gasteiger partial charge on any atom is -0.368 e. The molecule has 0 unspecified atom stereocenters. The summed E-state index contributed by atoms with van der Waals surface area (Å²) in [6, 6.07) is 7.95. The third-order valence-electron chi connectivity index (χ3n) is 4.90. The number of piperidine rings is 1. The highest BCUT2D eigenvalue weighted by Gasteiger charge is 2.22. The zero-order valence-electron chi connectivity index (χ0n) is 13.7. The molecule has 0 spiro atoms. The average molecular weight is 336 g/mol. The van der Waals surface area contributed by atoms with Gasteiger partial charge in [0.1, 0.15) is 0 Å². The molecule has 2 aliphatic rings. The molecule has 3 rings (SSSR count). The van der Waals surface area contributed by atoms with E-state index in [1.54, 1.807) is 0 Å². The first-order valence-corrected chi connectivity index (χ1v) is 9.11. The number of benzene rings is 1. The van der Waals surface area contributed by atoms with Gasteiger partial charge in [0.15, 0.2) is 0 Å². The highest BCUT2D eigenvalue weighted by Crippen LogP contribution is 2.21. The van der Waals surface area contributed by atoms with E-state index in [9.17, 15) is 4.79 Å². The third-order valence-corrected chi connectivity index (χ3v) is 5.13. The second kappa shape index (κ2) is 8.02. The van der Waals surface area contributed by atoms with E-state index in [2.05, 4.69) is 15.9 Å². The standard InChI is InChI=1S/C18H26ClN3O/c19-16-5-4-6-17(15-16)21-11-13-22(14-12-21)18(23)7-10-20-8-2-1-3-9-20/h4-6,15H,1-3,7-14H2. The molecule has 0 N–H and O–H groups in total. The molecule has 4 nitrogen and oxygen atoms in total. The number of hydrogen-bond donors (Lipinski definition) is 0. The Morgan fingerprint density at radius 2 is 1.74 bits per heavy atom. The molecule has 2 fully saturated rings. The number of halogens is 1. The molecular formula is C18H26ClN3O. The summed E-state index contributed by atoms with van der Waals surface area (Å²) in [7, 11) is 0. The zero-order valence-corrected chi connectivity index (χ0v) is 14.5. The predicted molar refractivity (Wildman–Crippen MR) is 95.2 cm³/mol. The number of likely N-dealkylation sites (tertiary alicyclic amines) is 1. The van der Waals surface area contributed by atoms with Crippen molar-refractivity contribution in [3.05, 3.63) is 29.3 Å². The molecule has 23 heavy (non-hydrogen) atoms. The van der Waals surface area contributed by atoms with Crippen molar-refractivity contribution in [2.24, 2.45) is 0 Å². The number of anilines is 1. The molecule has 0 aromatic heterocycles. The lowest BCUT2D eigenvalue weighted by Crippen LogP contribution is -2.49. The van der Waals surface area contributed by atoms with E-state index in [4.69, 9.17) is 11.6 Å². The van der Waals surface area contributed by atoms with Gasteiger partial charge in [-0.2, -0.15) is 0 Å². The van der Waals surface area contributed by atoms with Gasteiger partial charge in [0.05, 0.1) is 0 Å². The Morgan fingerprint density at radius 1 is 1.00 bits per heavy atom. The van der Waals surface area contributed by atoms with Crippen molar-refractivity contribution in [3.63, 3.8) is 0 Å². The Labute approximate surface area is 144 Å². The molecule has 1 aromatic carbocycles. The SMILES string of the molecule is O=C(CCN1CCCCC1)N1CCN(c2cccc(Cl)c2)CC1. The first kappa shape index (κ1) is 16.6. The Morgan fingerprint density at radius 3 is 2.43 bits per heavy atom. The van der Waals surface area contributed by atoms with E-state index in [0.29, 0.717) is 12.3 Å². The lowest BCUT2D eigenvalue weighted by atomic mass is 10.1. The molecule has 0 aliphatic carbocycles. The van der Waals surface area contributed by atoms with E-state index in [0.717, 1.165) is 56.5 Å². The van der Waals surface area contributed by atoms with Gasteiger partial charge in [-0.05, 0) is 44.1 Å². The Balaban J connectivity index is 1.43. The number of piperazine rings is 1. The number of rotatable bonds is 4. The predicted octanol–water partition coefficient (Wildman–Crippen LogP) is 2.86. The molecule has 2 saturated heterocycles. The number of carbonyl (C=O) groups is 1. The average Bonchev–Trinajstić information content (AvgIpc) is 2.61. The monoisotopic (exact) mass is 335 g/mol. The minimum atomic E-state index is 0.307. The summed E-state index contributed by atoms with van der Waals surface area (Å²) in [4.78, 5) is 19.2. The second-order valence-corrected chi connectivity index (χ2v) is 6.94. The Bertz CT molecular complexity index is 523. The van der Waals surface area contributed by atoms with Crippen molar-refractivity contribution < 1.29 is 4.79 Å². The number of carbonyl (C=O) groups excluding carboxylic acids is 1. The van der Waals surface area contributed by atoms with Crippen LogP contribution in [-0.4, -0.2) is 61.5 Å². The van der Waals surface area contributed by atoms with Crippen LogP contribution in [0.3, 0.4) is 0 Å². The van der Waals surface area contributed by atoms with E-state index in [-0.39, 0.29) is 0 Å². The van der Waals surface area contributed by atoms with Crippen molar-refractivity contribution in [1.82, 2.24) is 9.80 Å². The summed E-state index contributed by atoms with van der Waals surface area (Å²) in [5, 5.41) is 0.766. The van der Waals surface area contributed by atoms with Crippen LogP contribution in [0.2, 0.25) is 5.02 Å². The van der Waals surface area contributed by atoms with Gasteiger partial charge in [-0.3, -0.25) is 4.79 Å². The zero-order chi connectivity index (χ0) is 16.1. The molecule has 2 aliphatic heterocycles. The van der Waals surface area contributed by atoms with Crippen molar-refractivity contribution >= 4 is 23.2 Å². The van der Waals surface area contributed by atoms with Crippen LogP contribution in [0.4, 0.5) is 5.69 Å². The summed E-state index contributed by atoms with van der Waals surface area (Å²) >= 11 is 6.06. The summed E-state index contributed by atoms with van der Waals surface area (Å²) in [5.41, 5.74) is 1.15. The molecule has 5 heteroatoms. The molecule has 0 radical (unpaired) electrons. The maximum atomic E-state index is 12.4. The molecular weight excluding hydrogens is 310 g/mol. The summed E-state index contributed by atoms with van der Waals surface area (Å²) < 4.78 is 0. The van der Waals surface area contributed by atoms with Gasteiger partial charge < -0.3 is 14.7 Å². The Hall–Kier alpha value is -1.26. The molecule has 2 heterocycles. The summed E-state index contributed by atoms with van der Waals surface area (Å²) in [5.74, 6) is 0.307. The lowest BCUT2D eigenvalue weighted by Gasteiger charge is -2.36. The minimum absolute atomic E-state index is 0.307. The van der Waals surface area contributed by atoms with E-state index in [1.165, 1.54) is 19.3 Å². The van der Waals surface area contributed by atoms with Gasteiger partial charge in [-0.25, -0.2) is 0 Å². The van der Waals surface area contributed by atoms with Crippen molar-refractivity contribution in [1.29, 1.82) is 0 Å². The quantitative estimate of drug-likeness (QED) is 0.846. The first-order valence-electron chi connectivity index (χ1n) is 8.73. The van der Waals surface area contributed by atoms with Crippen molar-refractivity contribution in [3.8, 4) is 0 Å². The lowest BCUT2D eigenvalue weighted by molar-refractivity contribution is -0.131. The van der Waals surface area contributed by atoms with Crippen LogP contribution in [0.5, 0.6) is 0 Å². The smallest absolute Gasteiger partial charge is 0.223 e. The highest BCUT2D eigenvalue weighted by atomic mass is 35.5. The van der Waals surface area contributed by atoms with Crippen LogP contribution in [0.1, 0.15) is 25.7 Å². The summed E-state index contributed by atoms with van der Waals surface area (Å²) in [6.07, 6.45) is 4.58. The second-order valence-electron chi connectivity index (χ2n) is 6.50. The molecule has 126 valence electrons. The van der Waals surface area contributed by atoms with Crippen LogP contribution in [0.25, 0.3) is 0 Å². The third kappa shape index (κ3) is 4.61. The maximum Gasteiger partial charge on any atom is 0.223 e. The maximum absolute atomic E-state index is 12.4. The van der Waals surface area contributed by atoms with Crippen LogP contribution in [-0.2, 0) is 4.79 Å². The van der Waals surface area contributed by atoms with E-state index < -0.39 is 0 Å². The normalized spacial score (nSPS) is 19.9. The van der Waals surface area contributed by atoms with Gasteiger partial charge in [-0.15, -0.1) is 0 Å². The largest absolute Gasteiger partial charge is 0.368 e. The molecule has 0 bridgehead atoms. The number of nitrogens with zero attached hydrogens (tertiary/aromatic N) is 3. The van der Waals surface area contributed by atoms with Crippen LogP contribution in [0.15, 0.2) is 24.3 Å². The summed E-state index contributed by atoms with van der Waals surface area (Å²) in [6.45, 7) is 6.64. The van der Waals surface area contributed by atoms with Crippen LogP contribution < -0.4 is 4.90 Å². The van der Waals surface area contributed by atoms with E-state index >= 15 is 0 Å². The molecule has 1 aromatic rings. The first-order chi connectivity index (χ1) is 11.2. The van der Waals surface area contributed by atoms with Gasteiger partial charge in [-0.1, -0.05) is 24.1 Å². The van der Waals surface area contributed by atoms with Crippen molar-refractivity contribution in [2.45, 2.75) is 25.7 Å². The molecule has 0 saturated carbocycles. The fourth-order valence-electron chi connectivity index (χ4n) is 3.48. The fraction of sp³-hybridized carbons (Fsp3) is 0.611. The number of amides is 1. The highest BCUT2D eigenvalue weighted by molar-refractivity contribution is 6.30. The topological polar surface area (TPSA) is 26.8 Å². The number of hydrogen-bond acceptors (Lipinski definition) is 3. The van der Waals surface area contributed by atoms with Crippen LogP contribution >= 0.6 is 11.6 Å². The van der Waals surface area contributed by atoms with Gasteiger partial charge >= 0.3 is 0 Å². The Kier molecular flexibility index (Phi) is 5.79. The van der Waals surface area contributed by atoms with E-state index in [1.807, 2.05) is 23.1 Å². The fourth-order valence-corrected chi connectivity index (χ4v) is 3.67. The molecule has 1 amide bonds. The molecule has 0 atom stereocenters. The van der Waals surface area contributed by atoms with Crippen LogP contribution in [0, 0.1) is 0 Å². The van der Waals surface area contributed by atoms with Gasteiger partial charge in [0.25, 0.3) is 0 Å².